The summed E-state index contributed by atoms with van der Waals surface area (Å²) < 4.78 is 12.5. The highest BCUT2D eigenvalue weighted by Gasteiger charge is 2.60. The van der Waals surface area contributed by atoms with Crippen LogP contribution in [-0.2, 0) is 34.3 Å². The van der Waals surface area contributed by atoms with E-state index >= 15 is 0 Å². The summed E-state index contributed by atoms with van der Waals surface area (Å²) in [4.78, 5) is 13.2. The van der Waals surface area contributed by atoms with Crippen LogP contribution >= 0.6 is 0 Å². The first kappa shape index (κ1) is 25.1. The van der Waals surface area contributed by atoms with Crippen LogP contribution in [0.2, 0.25) is 0 Å². The maximum atomic E-state index is 13.2. The second-order valence-corrected chi connectivity index (χ2v) is 12.0. The lowest BCUT2D eigenvalue weighted by atomic mass is 9.67. The summed E-state index contributed by atoms with van der Waals surface area (Å²) in [5.74, 6) is 1.41. The third-order valence-corrected chi connectivity index (χ3v) is 8.76. The average molecular weight is 510 g/mol. The highest BCUT2D eigenvalue weighted by Crippen LogP contribution is 2.61. The molecule has 5 nitrogen and oxygen atoms in total. The zero-order valence-electron chi connectivity index (χ0n) is 22.7. The summed E-state index contributed by atoms with van der Waals surface area (Å²) in [6, 6.07) is 25.2. The van der Waals surface area contributed by atoms with E-state index in [-0.39, 0.29) is 23.9 Å². The van der Waals surface area contributed by atoms with Crippen molar-refractivity contribution < 1.29 is 14.3 Å². The average Bonchev–Trinajstić information content (AvgIpc) is 3.53. The molecular formula is C33H37N2O3. The maximum absolute atomic E-state index is 13.2. The predicted octanol–water partition coefficient (Wildman–Crippen LogP) is 5.97. The number of rotatable bonds is 4. The number of fused-ring (bicyclic) bond motifs is 3. The Bertz CT molecular complexity index is 1360. The minimum absolute atomic E-state index is 0.0491. The molecule has 3 N–H and O–H groups in total. The third-order valence-electron chi connectivity index (χ3n) is 8.76. The lowest BCUT2D eigenvalue weighted by Crippen LogP contribution is -2.49. The highest BCUT2D eigenvalue weighted by atomic mass is 16.6. The monoisotopic (exact) mass is 509 g/mol. The summed E-state index contributed by atoms with van der Waals surface area (Å²) in [5.41, 5.74) is 13.1. The van der Waals surface area contributed by atoms with E-state index in [0.717, 1.165) is 24.8 Å². The number of nitrogens with one attached hydrogen (secondary N) is 1. The Morgan fingerprint density at radius 3 is 2.16 bits per heavy atom. The molecule has 0 heterocycles. The number of benzene rings is 3. The lowest BCUT2D eigenvalue weighted by molar-refractivity contribution is -0.0669. The van der Waals surface area contributed by atoms with Crippen molar-refractivity contribution in [3.8, 4) is 0 Å². The van der Waals surface area contributed by atoms with Gasteiger partial charge in [0, 0.05) is 25.0 Å². The van der Waals surface area contributed by atoms with Gasteiger partial charge in [-0.1, -0.05) is 72.8 Å². The number of methoxy groups -OCH3 is 1. The summed E-state index contributed by atoms with van der Waals surface area (Å²) >= 11 is 0. The van der Waals surface area contributed by atoms with E-state index in [9.17, 15) is 4.79 Å². The molecule has 1 radical (unpaired) electrons. The summed E-state index contributed by atoms with van der Waals surface area (Å²) in [5, 5.41) is 3.26. The Hall–Kier alpha value is -3.15. The van der Waals surface area contributed by atoms with Crippen LogP contribution in [0.3, 0.4) is 0 Å². The van der Waals surface area contributed by atoms with Crippen molar-refractivity contribution >= 4 is 6.09 Å². The second-order valence-electron chi connectivity index (χ2n) is 12.0. The van der Waals surface area contributed by atoms with E-state index in [0.29, 0.717) is 0 Å². The van der Waals surface area contributed by atoms with E-state index in [2.05, 4.69) is 72.0 Å². The Morgan fingerprint density at radius 1 is 0.895 bits per heavy atom. The summed E-state index contributed by atoms with van der Waals surface area (Å²) in [6.07, 6.45) is 2.10. The molecule has 3 aliphatic rings. The smallest absolute Gasteiger partial charge is 0.408 e. The van der Waals surface area contributed by atoms with Gasteiger partial charge in [-0.3, -0.25) is 0 Å². The number of nitrogens with two attached hydrogens (primary N) is 1. The first-order valence-electron chi connectivity index (χ1n) is 13.6. The van der Waals surface area contributed by atoms with Gasteiger partial charge in [-0.15, -0.1) is 0 Å². The molecule has 0 aliphatic heterocycles. The van der Waals surface area contributed by atoms with Crippen molar-refractivity contribution in [2.45, 2.75) is 63.3 Å². The normalized spacial score (nSPS) is 28.0. The fraction of sp³-hybridized carbons (Fsp3) is 0.394. The van der Waals surface area contributed by atoms with E-state index in [1.54, 1.807) is 0 Å². The van der Waals surface area contributed by atoms with Crippen molar-refractivity contribution in [1.29, 1.82) is 0 Å². The van der Waals surface area contributed by atoms with Crippen molar-refractivity contribution in [2.75, 3.05) is 7.11 Å². The Balaban J connectivity index is 1.46. The molecule has 5 unspecified atom stereocenters. The quantitative estimate of drug-likeness (QED) is 0.455. The number of carbonyl (C=O) groups excluding carboxylic acids is 1. The van der Waals surface area contributed by atoms with Crippen molar-refractivity contribution in [1.82, 2.24) is 5.32 Å². The van der Waals surface area contributed by atoms with Crippen LogP contribution < -0.4 is 11.1 Å². The van der Waals surface area contributed by atoms with Gasteiger partial charge in [-0.25, -0.2) is 4.79 Å². The number of alkyl carbamates (subject to hydrolysis) is 1. The van der Waals surface area contributed by atoms with Gasteiger partial charge < -0.3 is 20.5 Å². The Labute approximate surface area is 225 Å². The first-order valence-corrected chi connectivity index (χ1v) is 13.6. The van der Waals surface area contributed by atoms with Crippen LogP contribution in [0.5, 0.6) is 0 Å². The SMILES string of the molecule is COC1(C2Cc3ccccc3C2NC(=O)OC(C)(C)C)[C](C2Cc3ccccc3C2N)Cc2ccccc21. The van der Waals surface area contributed by atoms with Crippen LogP contribution in [0.25, 0.3) is 0 Å². The van der Waals surface area contributed by atoms with Crippen molar-refractivity contribution in [3.05, 3.63) is 112 Å². The van der Waals surface area contributed by atoms with Gasteiger partial charge in [0.1, 0.15) is 11.2 Å². The predicted molar refractivity (Wildman–Crippen MR) is 148 cm³/mol. The molecule has 0 bridgehead atoms. The lowest BCUT2D eigenvalue weighted by Gasteiger charge is -2.45. The van der Waals surface area contributed by atoms with Gasteiger partial charge in [0.05, 0.1) is 6.04 Å². The van der Waals surface area contributed by atoms with Crippen LogP contribution in [0.15, 0.2) is 72.8 Å². The van der Waals surface area contributed by atoms with Gasteiger partial charge >= 0.3 is 6.09 Å². The second kappa shape index (κ2) is 9.25. The van der Waals surface area contributed by atoms with Crippen LogP contribution in [0.1, 0.15) is 66.2 Å². The van der Waals surface area contributed by atoms with Crippen LogP contribution in [0, 0.1) is 17.8 Å². The van der Waals surface area contributed by atoms with Crippen molar-refractivity contribution in [2.24, 2.45) is 17.6 Å². The topological polar surface area (TPSA) is 73.6 Å². The van der Waals surface area contributed by atoms with E-state index in [1.165, 1.54) is 33.7 Å². The van der Waals surface area contributed by atoms with Gasteiger partial charge in [0.25, 0.3) is 0 Å². The van der Waals surface area contributed by atoms with Crippen LogP contribution in [-0.4, -0.2) is 18.8 Å². The molecule has 5 atom stereocenters. The van der Waals surface area contributed by atoms with E-state index in [4.69, 9.17) is 15.2 Å². The molecule has 3 aromatic rings. The molecule has 6 rings (SSSR count). The third kappa shape index (κ3) is 3.95. The van der Waals surface area contributed by atoms with Gasteiger partial charge in [0.2, 0.25) is 0 Å². The number of amides is 1. The fourth-order valence-electron chi connectivity index (χ4n) is 7.34. The molecule has 0 aromatic heterocycles. The summed E-state index contributed by atoms with van der Waals surface area (Å²) in [6.45, 7) is 5.67. The zero-order valence-corrected chi connectivity index (χ0v) is 22.7. The van der Waals surface area contributed by atoms with Gasteiger partial charge in [-0.05, 0) is 79.3 Å². The van der Waals surface area contributed by atoms with Crippen LogP contribution in [0.4, 0.5) is 4.79 Å². The molecular weight excluding hydrogens is 472 g/mol. The molecule has 3 aliphatic carbocycles. The van der Waals surface area contributed by atoms with Crippen molar-refractivity contribution in [3.63, 3.8) is 0 Å². The zero-order chi connectivity index (χ0) is 26.7. The standard InChI is InChI=1S/C33H37N2O3/c1-32(2,3)38-31(36)35-30-24-15-9-6-12-21(24)18-28(30)33(37-4)26-16-10-7-13-22(26)19-27(33)25-17-20-11-5-8-14-23(20)29(25)34/h5-16,25,28-30H,17-19,34H2,1-4H3,(H,35,36). The number of carbonyl (C=O) groups is 1. The minimum Gasteiger partial charge on any atom is -0.444 e. The minimum atomic E-state index is -0.695. The number of hydrogen-bond donors (Lipinski definition) is 2. The largest absolute Gasteiger partial charge is 0.444 e. The van der Waals surface area contributed by atoms with Gasteiger partial charge in [0.15, 0.2) is 0 Å². The Morgan fingerprint density at radius 2 is 1.50 bits per heavy atom. The van der Waals surface area contributed by atoms with E-state index in [1.807, 2.05) is 33.9 Å². The molecule has 1 amide bonds. The number of hydrogen-bond acceptors (Lipinski definition) is 4. The fourth-order valence-corrected chi connectivity index (χ4v) is 7.34. The molecule has 3 aromatic carbocycles. The highest BCUT2D eigenvalue weighted by molar-refractivity contribution is 5.69. The van der Waals surface area contributed by atoms with E-state index < -0.39 is 17.3 Å². The first-order chi connectivity index (χ1) is 18.2. The molecule has 5 heteroatoms. The molecule has 0 spiro atoms. The Kier molecular flexibility index (Phi) is 6.12. The molecule has 0 fully saturated rings. The van der Waals surface area contributed by atoms with Gasteiger partial charge in [-0.2, -0.15) is 0 Å². The number of ether oxygens (including phenoxy) is 2. The molecule has 0 saturated carbocycles. The molecule has 0 saturated heterocycles. The molecule has 38 heavy (non-hydrogen) atoms. The maximum Gasteiger partial charge on any atom is 0.408 e. The summed E-state index contributed by atoms with van der Waals surface area (Å²) in [7, 11) is 1.82. The molecule has 197 valence electrons.